The minimum Gasteiger partial charge on any atom is -0.306 e. The van der Waals surface area contributed by atoms with Crippen LogP contribution in [0.25, 0.3) is 5.69 Å². The fraction of sp³-hybridized carbons (Fsp3) is 0.208. The van der Waals surface area contributed by atoms with Crippen LogP contribution in [0.15, 0.2) is 59.9 Å². The summed E-state index contributed by atoms with van der Waals surface area (Å²) >= 11 is 7.52. The Labute approximate surface area is 189 Å². The van der Waals surface area contributed by atoms with E-state index >= 15 is 0 Å². The first-order valence-electron chi connectivity index (χ1n) is 9.86. The van der Waals surface area contributed by atoms with E-state index in [0.29, 0.717) is 21.9 Å². The molecule has 0 aliphatic carbocycles. The number of rotatable bonds is 5. The molecule has 3 aromatic heterocycles. The van der Waals surface area contributed by atoms with E-state index in [-0.39, 0.29) is 11.6 Å². The second-order valence-corrected chi connectivity index (χ2v) is 9.36. The number of halogens is 1. The molecule has 31 heavy (non-hydrogen) atoms. The number of pyridine rings is 1. The highest BCUT2D eigenvalue weighted by molar-refractivity contribution is 7.16. The van der Waals surface area contributed by atoms with Gasteiger partial charge in [-0.2, -0.15) is 5.26 Å². The number of aryl methyl sites for hydroxylation is 2. The van der Waals surface area contributed by atoms with Crippen LogP contribution in [0.5, 0.6) is 0 Å². The number of benzene rings is 1. The molecular weight excluding hydrogens is 428 g/mol. The van der Waals surface area contributed by atoms with E-state index in [0.717, 1.165) is 27.4 Å². The van der Waals surface area contributed by atoms with E-state index < -0.39 is 0 Å². The van der Waals surface area contributed by atoms with Gasteiger partial charge >= 0.3 is 0 Å². The summed E-state index contributed by atoms with van der Waals surface area (Å²) in [6.07, 6.45) is 5.86. The SMILES string of the molecule is Cc1cn(-c2ccc(Cc3cc(C#N)cn([C@@H](C)c4ccc(Cl)s4)c3=O)cc2C)cn1. The molecule has 7 heteroatoms. The van der Waals surface area contributed by atoms with Crippen LogP contribution >= 0.6 is 22.9 Å². The van der Waals surface area contributed by atoms with Gasteiger partial charge in [0.1, 0.15) is 6.07 Å². The third-order valence-corrected chi connectivity index (χ3v) is 6.72. The molecule has 0 N–H and O–H groups in total. The van der Waals surface area contributed by atoms with Crippen LogP contribution in [0, 0.1) is 25.2 Å². The maximum atomic E-state index is 13.3. The molecule has 0 aliphatic heterocycles. The van der Waals surface area contributed by atoms with Crippen LogP contribution in [0.1, 0.15) is 45.8 Å². The zero-order chi connectivity index (χ0) is 22.1. The molecule has 1 atom stereocenters. The average Bonchev–Trinajstić information content (AvgIpc) is 3.37. The van der Waals surface area contributed by atoms with Gasteiger partial charge in [-0.1, -0.05) is 23.7 Å². The molecule has 0 unspecified atom stereocenters. The fourth-order valence-corrected chi connectivity index (χ4v) is 4.83. The lowest BCUT2D eigenvalue weighted by Crippen LogP contribution is -2.27. The van der Waals surface area contributed by atoms with Gasteiger partial charge in [0.25, 0.3) is 5.56 Å². The van der Waals surface area contributed by atoms with Gasteiger partial charge in [-0.25, -0.2) is 4.98 Å². The molecule has 0 radical (unpaired) electrons. The van der Waals surface area contributed by atoms with Gasteiger partial charge in [0.05, 0.1) is 28.0 Å². The van der Waals surface area contributed by atoms with E-state index in [9.17, 15) is 10.1 Å². The number of hydrogen-bond acceptors (Lipinski definition) is 4. The van der Waals surface area contributed by atoms with Crippen molar-refractivity contribution in [3.05, 3.63) is 103 Å². The summed E-state index contributed by atoms with van der Waals surface area (Å²) in [4.78, 5) is 18.5. The number of nitriles is 1. The van der Waals surface area contributed by atoms with Gasteiger partial charge < -0.3 is 9.13 Å². The van der Waals surface area contributed by atoms with Crippen molar-refractivity contribution >= 4 is 22.9 Å². The number of aromatic nitrogens is 3. The van der Waals surface area contributed by atoms with Crippen LogP contribution in [0.2, 0.25) is 4.34 Å². The monoisotopic (exact) mass is 448 g/mol. The number of nitrogens with zero attached hydrogens (tertiary/aromatic N) is 4. The second kappa shape index (κ2) is 8.54. The molecular formula is C24H21ClN4OS. The summed E-state index contributed by atoms with van der Waals surface area (Å²) in [6.45, 7) is 5.94. The van der Waals surface area contributed by atoms with Gasteiger partial charge in [0.2, 0.25) is 0 Å². The first-order valence-corrected chi connectivity index (χ1v) is 11.1. The zero-order valence-electron chi connectivity index (χ0n) is 17.5. The Kier molecular flexibility index (Phi) is 5.81. The van der Waals surface area contributed by atoms with Crippen molar-refractivity contribution in [2.75, 3.05) is 0 Å². The standard InChI is InChI=1S/C24H21ClN4OS/c1-15-8-18(4-5-21(15)28-12-16(2)27-14-28)9-20-10-19(11-26)13-29(24(20)30)17(3)22-6-7-23(25)31-22/h4-8,10,12-14,17H,9H2,1-3H3/t17-/m0/s1. The highest BCUT2D eigenvalue weighted by Gasteiger charge is 2.16. The maximum Gasteiger partial charge on any atom is 0.254 e. The van der Waals surface area contributed by atoms with Gasteiger partial charge in [0, 0.05) is 34.9 Å². The molecule has 0 saturated heterocycles. The van der Waals surface area contributed by atoms with Crippen molar-refractivity contribution in [2.45, 2.75) is 33.2 Å². The smallest absolute Gasteiger partial charge is 0.254 e. The lowest BCUT2D eigenvalue weighted by atomic mass is 10.0. The molecule has 0 fully saturated rings. The summed E-state index contributed by atoms with van der Waals surface area (Å²) in [7, 11) is 0. The van der Waals surface area contributed by atoms with Gasteiger partial charge in [-0.3, -0.25) is 4.79 Å². The summed E-state index contributed by atoms with van der Waals surface area (Å²) in [6, 6.07) is 13.5. The molecule has 5 nitrogen and oxygen atoms in total. The minimum absolute atomic E-state index is 0.0945. The van der Waals surface area contributed by atoms with Crippen LogP contribution in [0.4, 0.5) is 0 Å². The predicted octanol–water partition coefficient (Wildman–Crippen LogP) is 5.44. The van der Waals surface area contributed by atoms with Crippen LogP contribution < -0.4 is 5.56 Å². The minimum atomic E-state index is -0.203. The topological polar surface area (TPSA) is 63.6 Å². The Morgan fingerprint density at radius 1 is 1.19 bits per heavy atom. The van der Waals surface area contributed by atoms with Crippen LogP contribution in [-0.4, -0.2) is 14.1 Å². The van der Waals surface area contributed by atoms with Gasteiger partial charge in [-0.15, -0.1) is 11.3 Å². The molecule has 0 bridgehead atoms. The van der Waals surface area contributed by atoms with Crippen molar-refractivity contribution in [3.63, 3.8) is 0 Å². The number of hydrogen-bond donors (Lipinski definition) is 0. The molecule has 4 aromatic rings. The summed E-state index contributed by atoms with van der Waals surface area (Å²) in [5.41, 5.74) is 5.08. The third-order valence-electron chi connectivity index (χ3n) is 5.31. The molecule has 4 rings (SSSR count). The Balaban J connectivity index is 1.69. The van der Waals surface area contributed by atoms with E-state index in [4.69, 9.17) is 11.6 Å². The van der Waals surface area contributed by atoms with Crippen molar-refractivity contribution in [1.29, 1.82) is 5.26 Å². The second-order valence-electron chi connectivity index (χ2n) is 7.62. The van der Waals surface area contributed by atoms with Gasteiger partial charge in [0.15, 0.2) is 0 Å². The van der Waals surface area contributed by atoms with E-state index in [1.165, 1.54) is 11.3 Å². The van der Waals surface area contributed by atoms with Crippen molar-refractivity contribution in [3.8, 4) is 11.8 Å². The molecule has 1 aromatic carbocycles. The Morgan fingerprint density at radius 3 is 2.61 bits per heavy atom. The molecule has 0 spiro atoms. The highest BCUT2D eigenvalue weighted by Crippen LogP contribution is 2.28. The number of thiophene rings is 1. The van der Waals surface area contributed by atoms with Crippen molar-refractivity contribution < 1.29 is 0 Å². The average molecular weight is 449 g/mol. The Morgan fingerprint density at radius 2 is 2.00 bits per heavy atom. The zero-order valence-corrected chi connectivity index (χ0v) is 19.0. The lowest BCUT2D eigenvalue weighted by molar-refractivity contribution is 0.618. The first-order chi connectivity index (χ1) is 14.9. The molecule has 0 amide bonds. The Bertz CT molecular complexity index is 1360. The summed E-state index contributed by atoms with van der Waals surface area (Å²) in [5, 5.41) is 9.52. The predicted molar refractivity (Wildman–Crippen MR) is 124 cm³/mol. The summed E-state index contributed by atoms with van der Waals surface area (Å²) < 4.78 is 4.30. The normalized spacial score (nSPS) is 12.0. The largest absolute Gasteiger partial charge is 0.306 e. The number of imidazole rings is 1. The first kappa shape index (κ1) is 21.1. The molecule has 0 saturated carbocycles. The molecule has 0 aliphatic rings. The maximum absolute atomic E-state index is 13.3. The molecule has 156 valence electrons. The van der Waals surface area contributed by atoms with E-state index in [1.54, 1.807) is 23.2 Å². The highest BCUT2D eigenvalue weighted by atomic mass is 35.5. The van der Waals surface area contributed by atoms with Crippen molar-refractivity contribution in [1.82, 2.24) is 14.1 Å². The lowest BCUT2D eigenvalue weighted by Gasteiger charge is -2.16. The Hall–Kier alpha value is -3.14. The van der Waals surface area contributed by atoms with Crippen LogP contribution in [-0.2, 0) is 6.42 Å². The quantitative estimate of drug-likeness (QED) is 0.408. The van der Waals surface area contributed by atoms with E-state index in [1.807, 2.05) is 55.8 Å². The molecule has 3 heterocycles. The van der Waals surface area contributed by atoms with Gasteiger partial charge in [-0.05, 0) is 56.2 Å². The third kappa shape index (κ3) is 4.34. The van der Waals surface area contributed by atoms with Crippen molar-refractivity contribution in [2.24, 2.45) is 0 Å². The van der Waals surface area contributed by atoms with E-state index in [2.05, 4.69) is 17.1 Å². The van der Waals surface area contributed by atoms with Crippen LogP contribution in [0.3, 0.4) is 0 Å². The fourth-order valence-electron chi connectivity index (χ4n) is 3.72. The summed E-state index contributed by atoms with van der Waals surface area (Å²) in [5.74, 6) is 0.